The number of benzene rings is 1. The van der Waals surface area contributed by atoms with Crippen LogP contribution in [0.5, 0.6) is 5.75 Å². The first-order valence-corrected chi connectivity index (χ1v) is 6.24. The SMILES string of the molecule is CC(=O)Oc1c(C(=O)N(C)C)sc2ccccc12. The van der Waals surface area contributed by atoms with Crippen LogP contribution in [0.3, 0.4) is 0 Å². The van der Waals surface area contributed by atoms with Gasteiger partial charge in [0.1, 0.15) is 4.88 Å². The molecule has 4 nitrogen and oxygen atoms in total. The molecule has 2 aromatic rings. The van der Waals surface area contributed by atoms with Gasteiger partial charge in [-0.15, -0.1) is 11.3 Å². The largest absolute Gasteiger partial charge is 0.424 e. The number of thiophene rings is 1. The number of carbonyl (C=O) groups excluding carboxylic acids is 2. The molecule has 0 aliphatic heterocycles. The first-order chi connectivity index (χ1) is 8.50. The van der Waals surface area contributed by atoms with Gasteiger partial charge in [-0.3, -0.25) is 9.59 Å². The Morgan fingerprint density at radius 2 is 1.89 bits per heavy atom. The molecule has 0 spiro atoms. The molecule has 0 saturated carbocycles. The van der Waals surface area contributed by atoms with Crippen molar-refractivity contribution in [2.45, 2.75) is 6.92 Å². The number of rotatable bonds is 2. The first-order valence-electron chi connectivity index (χ1n) is 5.42. The van der Waals surface area contributed by atoms with E-state index in [0.29, 0.717) is 10.6 Å². The Bertz CT molecular complexity index is 616. The van der Waals surface area contributed by atoms with Crippen molar-refractivity contribution in [1.82, 2.24) is 4.90 Å². The number of carbonyl (C=O) groups is 2. The van der Waals surface area contributed by atoms with Crippen LogP contribution >= 0.6 is 11.3 Å². The van der Waals surface area contributed by atoms with Gasteiger partial charge in [0.05, 0.1) is 0 Å². The maximum Gasteiger partial charge on any atom is 0.308 e. The average molecular weight is 263 g/mol. The van der Waals surface area contributed by atoms with Crippen LogP contribution in [0.4, 0.5) is 0 Å². The molecule has 94 valence electrons. The van der Waals surface area contributed by atoms with Gasteiger partial charge in [-0.25, -0.2) is 0 Å². The number of hydrogen-bond donors (Lipinski definition) is 0. The van der Waals surface area contributed by atoms with Crippen molar-refractivity contribution in [1.29, 1.82) is 0 Å². The summed E-state index contributed by atoms with van der Waals surface area (Å²) in [7, 11) is 3.34. The molecule has 1 heterocycles. The van der Waals surface area contributed by atoms with Gasteiger partial charge in [-0.05, 0) is 12.1 Å². The molecule has 1 aromatic heterocycles. The van der Waals surface area contributed by atoms with E-state index in [-0.39, 0.29) is 5.91 Å². The fourth-order valence-corrected chi connectivity index (χ4v) is 2.76. The van der Waals surface area contributed by atoms with E-state index in [4.69, 9.17) is 4.74 Å². The highest BCUT2D eigenvalue weighted by molar-refractivity contribution is 7.21. The normalized spacial score (nSPS) is 10.4. The number of fused-ring (bicyclic) bond motifs is 1. The number of esters is 1. The summed E-state index contributed by atoms with van der Waals surface area (Å²) in [5.41, 5.74) is 0. The van der Waals surface area contributed by atoms with E-state index in [1.165, 1.54) is 23.2 Å². The van der Waals surface area contributed by atoms with Crippen LogP contribution in [0.1, 0.15) is 16.6 Å². The van der Waals surface area contributed by atoms with Crippen LogP contribution in [-0.2, 0) is 4.79 Å². The summed E-state index contributed by atoms with van der Waals surface area (Å²) in [6, 6.07) is 7.49. The van der Waals surface area contributed by atoms with Gasteiger partial charge >= 0.3 is 5.97 Å². The molecule has 5 heteroatoms. The molecular weight excluding hydrogens is 250 g/mol. The molecule has 2 rings (SSSR count). The fourth-order valence-electron chi connectivity index (χ4n) is 1.61. The molecule has 0 fully saturated rings. The van der Waals surface area contributed by atoms with E-state index in [9.17, 15) is 9.59 Å². The second-order valence-electron chi connectivity index (χ2n) is 4.05. The van der Waals surface area contributed by atoms with Gasteiger partial charge in [0, 0.05) is 31.1 Å². The third-order valence-electron chi connectivity index (χ3n) is 2.40. The molecule has 0 unspecified atom stereocenters. The minimum Gasteiger partial charge on any atom is -0.424 e. The van der Waals surface area contributed by atoms with Crippen molar-refractivity contribution in [3.63, 3.8) is 0 Å². The lowest BCUT2D eigenvalue weighted by Gasteiger charge is -2.10. The summed E-state index contributed by atoms with van der Waals surface area (Å²) in [5.74, 6) is -0.222. The molecule has 1 amide bonds. The van der Waals surface area contributed by atoms with Crippen molar-refractivity contribution in [2.75, 3.05) is 14.1 Å². The molecule has 0 aliphatic rings. The van der Waals surface area contributed by atoms with E-state index in [2.05, 4.69) is 0 Å². The van der Waals surface area contributed by atoms with Crippen molar-refractivity contribution < 1.29 is 14.3 Å². The fraction of sp³-hybridized carbons (Fsp3) is 0.231. The van der Waals surface area contributed by atoms with Gasteiger partial charge < -0.3 is 9.64 Å². The first kappa shape index (κ1) is 12.6. The Balaban J connectivity index is 2.64. The smallest absolute Gasteiger partial charge is 0.308 e. The van der Waals surface area contributed by atoms with Gasteiger partial charge in [-0.1, -0.05) is 12.1 Å². The molecule has 0 atom stereocenters. The zero-order chi connectivity index (χ0) is 13.3. The Morgan fingerprint density at radius 1 is 1.22 bits per heavy atom. The molecule has 0 aliphatic carbocycles. The summed E-state index contributed by atoms with van der Waals surface area (Å²) >= 11 is 1.33. The number of hydrogen-bond acceptors (Lipinski definition) is 4. The third kappa shape index (κ3) is 2.22. The van der Waals surface area contributed by atoms with Crippen molar-refractivity contribution >= 4 is 33.3 Å². The molecular formula is C13H13NO3S. The third-order valence-corrected chi connectivity index (χ3v) is 3.54. The predicted molar refractivity (Wildman–Crippen MR) is 71.2 cm³/mol. The quantitative estimate of drug-likeness (QED) is 0.782. The number of nitrogens with zero attached hydrogens (tertiary/aromatic N) is 1. The monoisotopic (exact) mass is 263 g/mol. The van der Waals surface area contributed by atoms with E-state index in [0.717, 1.165) is 10.1 Å². The van der Waals surface area contributed by atoms with Gasteiger partial charge in [0.15, 0.2) is 5.75 Å². The molecule has 0 bridgehead atoms. The van der Waals surface area contributed by atoms with Crippen molar-refractivity contribution in [2.24, 2.45) is 0 Å². The lowest BCUT2D eigenvalue weighted by Crippen LogP contribution is -2.21. The highest BCUT2D eigenvalue weighted by Gasteiger charge is 2.22. The summed E-state index contributed by atoms with van der Waals surface area (Å²) in [4.78, 5) is 25.1. The van der Waals surface area contributed by atoms with Gasteiger partial charge in [0.2, 0.25) is 0 Å². The maximum absolute atomic E-state index is 12.1. The molecule has 0 N–H and O–H groups in total. The average Bonchev–Trinajstić information content (AvgIpc) is 2.66. The summed E-state index contributed by atoms with van der Waals surface area (Å²) < 4.78 is 6.12. The van der Waals surface area contributed by atoms with Crippen LogP contribution in [0, 0.1) is 0 Å². The van der Waals surface area contributed by atoms with E-state index in [1.807, 2.05) is 24.3 Å². The minimum atomic E-state index is -0.425. The van der Waals surface area contributed by atoms with Gasteiger partial charge in [-0.2, -0.15) is 0 Å². The Labute approximate surface area is 109 Å². The molecule has 18 heavy (non-hydrogen) atoms. The van der Waals surface area contributed by atoms with E-state index < -0.39 is 5.97 Å². The lowest BCUT2D eigenvalue weighted by molar-refractivity contribution is -0.131. The standard InChI is InChI=1S/C13H13NO3S/c1-8(15)17-11-9-6-4-5-7-10(9)18-12(11)13(16)14(2)3/h4-7H,1-3H3. The second kappa shape index (κ2) is 4.78. The minimum absolute atomic E-state index is 0.160. The Kier molecular flexibility index (Phi) is 3.34. The zero-order valence-electron chi connectivity index (χ0n) is 10.4. The topological polar surface area (TPSA) is 46.6 Å². The van der Waals surface area contributed by atoms with Crippen LogP contribution in [0.15, 0.2) is 24.3 Å². The zero-order valence-corrected chi connectivity index (χ0v) is 11.2. The Hall–Kier alpha value is -1.88. The van der Waals surface area contributed by atoms with Crippen LogP contribution in [-0.4, -0.2) is 30.9 Å². The number of amides is 1. The highest BCUT2D eigenvalue weighted by Crippen LogP contribution is 2.38. The van der Waals surface area contributed by atoms with E-state index in [1.54, 1.807) is 14.1 Å². The van der Waals surface area contributed by atoms with Crippen LogP contribution < -0.4 is 4.74 Å². The second-order valence-corrected chi connectivity index (χ2v) is 5.10. The van der Waals surface area contributed by atoms with Crippen LogP contribution in [0.25, 0.3) is 10.1 Å². The summed E-state index contributed by atoms with van der Waals surface area (Å²) in [6.45, 7) is 1.33. The summed E-state index contributed by atoms with van der Waals surface area (Å²) in [5, 5.41) is 0.794. The Morgan fingerprint density at radius 3 is 2.50 bits per heavy atom. The van der Waals surface area contributed by atoms with Crippen molar-refractivity contribution in [3.05, 3.63) is 29.1 Å². The van der Waals surface area contributed by atoms with E-state index >= 15 is 0 Å². The molecule has 0 saturated heterocycles. The lowest BCUT2D eigenvalue weighted by atomic mass is 10.2. The molecule has 1 aromatic carbocycles. The predicted octanol–water partition coefficient (Wildman–Crippen LogP) is 2.53. The summed E-state index contributed by atoms with van der Waals surface area (Å²) in [6.07, 6.45) is 0. The van der Waals surface area contributed by atoms with Crippen LogP contribution in [0.2, 0.25) is 0 Å². The van der Waals surface area contributed by atoms with Gasteiger partial charge in [0.25, 0.3) is 5.91 Å². The highest BCUT2D eigenvalue weighted by atomic mass is 32.1. The molecule has 0 radical (unpaired) electrons. The van der Waals surface area contributed by atoms with Crippen molar-refractivity contribution in [3.8, 4) is 5.75 Å². The number of ether oxygens (including phenoxy) is 1. The maximum atomic E-state index is 12.1.